The molecule has 2 rings (SSSR count). The van der Waals surface area contributed by atoms with Gasteiger partial charge in [-0.3, -0.25) is 0 Å². The van der Waals surface area contributed by atoms with Crippen LogP contribution in [0.1, 0.15) is 16.5 Å². The molecule has 94 valence electrons. The fraction of sp³-hybridized carbons (Fsp3) is 0.0769. The molecule has 0 aliphatic rings. The Bertz CT molecular complexity index is 587. The van der Waals surface area contributed by atoms with Crippen LogP contribution in [0.5, 0.6) is 0 Å². The Morgan fingerprint density at radius 3 is 2.22 bits per heavy atom. The van der Waals surface area contributed by atoms with Crippen molar-refractivity contribution in [3.8, 4) is 0 Å². The van der Waals surface area contributed by atoms with Crippen molar-refractivity contribution < 1.29 is 8.78 Å². The average molecular weight is 396 g/mol. The number of benzene rings is 2. The molecule has 0 spiro atoms. The highest BCUT2D eigenvalue weighted by molar-refractivity contribution is 9.10. The van der Waals surface area contributed by atoms with Crippen LogP contribution in [0, 0.1) is 11.6 Å². The van der Waals surface area contributed by atoms with Crippen molar-refractivity contribution in [2.24, 2.45) is 0 Å². The van der Waals surface area contributed by atoms with Crippen molar-refractivity contribution in [3.05, 3.63) is 68.1 Å². The van der Waals surface area contributed by atoms with Gasteiger partial charge in [-0.1, -0.05) is 34.1 Å². The monoisotopic (exact) mass is 394 g/mol. The van der Waals surface area contributed by atoms with Crippen LogP contribution in [0.2, 0.25) is 0 Å². The van der Waals surface area contributed by atoms with E-state index in [1.807, 2.05) is 6.07 Å². The Balaban J connectivity index is 2.50. The first-order chi connectivity index (χ1) is 8.50. The Morgan fingerprint density at radius 2 is 1.56 bits per heavy atom. The second-order valence-electron chi connectivity index (χ2n) is 3.67. The van der Waals surface area contributed by atoms with E-state index in [0.29, 0.717) is 5.56 Å². The topological polar surface area (TPSA) is 0 Å². The Kier molecular flexibility index (Phi) is 4.41. The number of alkyl halides is 1. The molecule has 0 aliphatic carbocycles. The first-order valence-corrected chi connectivity index (χ1v) is 7.06. The maximum Gasteiger partial charge on any atom is 0.137 e. The highest BCUT2D eigenvalue weighted by Crippen LogP contribution is 2.36. The van der Waals surface area contributed by atoms with Crippen LogP contribution >= 0.6 is 43.5 Å². The molecule has 1 atom stereocenters. The molecule has 0 heterocycles. The van der Waals surface area contributed by atoms with Crippen LogP contribution in [0.3, 0.4) is 0 Å². The summed E-state index contributed by atoms with van der Waals surface area (Å²) in [5.74, 6) is -1.08. The third kappa shape index (κ3) is 2.76. The fourth-order valence-corrected chi connectivity index (χ4v) is 2.90. The van der Waals surface area contributed by atoms with E-state index < -0.39 is 17.0 Å². The van der Waals surface area contributed by atoms with Crippen molar-refractivity contribution in [1.82, 2.24) is 0 Å². The molecule has 0 amide bonds. The second-order valence-corrected chi connectivity index (χ2v) is 5.82. The lowest BCUT2D eigenvalue weighted by Gasteiger charge is -2.13. The van der Waals surface area contributed by atoms with Gasteiger partial charge in [-0.15, -0.1) is 11.6 Å². The molecule has 2 aromatic carbocycles. The Hall–Kier alpha value is -0.450. The van der Waals surface area contributed by atoms with Gasteiger partial charge in [0, 0.05) is 10.0 Å². The van der Waals surface area contributed by atoms with Gasteiger partial charge in [0.05, 0.1) is 9.85 Å². The van der Waals surface area contributed by atoms with Gasteiger partial charge in [0.25, 0.3) is 0 Å². The molecule has 0 saturated heterocycles. The summed E-state index contributed by atoms with van der Waals surface area (Å²) < 4.78 is 28.1. The fourth-order valence-electron chi connectivity index (χ4n) is 1.58. The summed E-state index contributed by atoms with van der Waals surface area (Å²) in [4.78, 5) is 0. The second kappa shape index (κ2) is 5.68. The smallest absolute Gasteiger partial charge is 0.137 e. The Labute approximate surface area is 125 Å². The summed E-state index contributed by atoms with van der Waals surface area (Å²) >= 11 is 12.5. The molecule has 0 radical (unpaired) electrons. The van der Waals surface area contributed by atoms with Crippen LogP contribution in [0.15, 0.2) is 45.3 Å². The first kappa shape index (κ1) is 14.0. The Morgan fingerprint density at radius 1 is 0.889 bits per heavy atom. The van der Waals surface area contributed by atoms with Gasteiger partial charge in [-0.25, -0.2) is 8.78 Å². The highest BCUT2D eigenvalue weighted by atomic mass is 79.9. The largest absolute Gasteiger partial charge is 0.207 e. The molecule has 18 heavy (non-hydrogen) atoms. The van der Waals surface area contributed by atoms with Gasteiger partial charge in [0.15, 0.2) is 0 Å². The third-order valence-electron chi connectivity index (χ3n) is 2.49. The number of halogens is 5. The predicted molar refractivity (Wildman–Crippen MR) is 75.9 cm³/mol. The number of hydrogen-bond donors (Lipinski definition) is 0. The van der Waals surface area contributed by atoms with E-state index >= 15 is 0 Å². The summed E-state index contributed by atoms with van der Waals surface area (Å²) in [6.07, 6.45) is 0. The number of hydrogen-bond acceptors (Lipinski definition) is 0. The van der Waals surface area contributed by atoms with E-state index in [2.05, 4.69) is 31.9 Å². The van der Waals surface area contributed by atoms with Crippen molar-refractivity contribution in [1.29, 1.82) is 0 Å². The molecular formula is C13H7Br2ClF2. The lowest BCUT2D eigenvalue weighted by atomic mass is 10.0. The highest BCUT2D eigenvalue weighted by Gasteiger charge is 2.19. The summed E-state index contributed by atoms with van der Waals surface area (Å²) in [5.41, 5.74) is 0.809. The van der Waals surface area contributed by atoms with E-state index in [9.17, 15) is 8.78 Å². The standard InChI is InChI=1S/C13H7Br2ClF2/c14-9-4-2-1-3-7(9)13(16)8-5-12(18)10(15)6-11(8)17/h1-6,13H. The van der Waals surface area contributed by atoms with Gasteiger partial charge in [0.2, 0.25) is 0 Å². The third-order valence-corrected chi connectivity index (χ3v) is 4.29. The zero-order valence-corrected chi connectivity index (χ0v) is 12.9. The molecule has 0 bridgehead atoms. The molecule has 0 aliphatic heterocycles. The molecule has 0 aromatic heterocycles. The van der Waals surface area contributed by atoms with E-state index in [1.54, 1.807) is 18.2 Å². The zero-order chi connectivity index (χ0) is 13.3. The quantitative estimate of drug-likeness (QED) is 0.443. The van der Waals surface area contributed by atoms with Gasteiger partial charge < -0.3 is 0 Å². The SMILES string of the molecule is Fc1cc(C(Cl)c2ccccc2Br)c(F)cc1Br. The molecule has 2 aromatic rings. The van der Waals surface area contributed by atoms with Crippen LogP contribution in [0.4, 0.5) is 8.78 Å². The summed E-state index contributed by atoms with van der Waals surface area (Å²) in [7, 11) is 0. The van der Waals surface area contributed by atoms with Crippen molar-refractivity contribution in [2.75, 3.05) is 0 Å². The van der Waals surface area contributed by atoms with E-state index in [-0.39, 0.29) is 10.0 Å². The van der Waals surface area contributed by atoms with Crippen molar-refractivity contribution in [3.63, 3.8) is 0 Å². The lowest BCUT2D eigenvalue weighted by molar-refractivity contribution is 0.582. The molecule has 5 heteroatoms. The molecule has 0 N–H and O–H groups in total. The van der Waals surface area contributed by atoms with Gasteiger partial charge >= 0.3 is 0 Å². The van der Waals surface area contributed by atoms with Gasteiger partial charge in [0.1, 0.15) is 11.6 Å². The lowest BCUT2D eigenvalue weighted by Crippen LogP contribution is -1.99. The van der Waals surface area contributed by atoms with Crippen LogP contribution in [0.25, 0.3) is 0 Å². The van der Waals surface area contributed by atoms with Gasteiger partial charge in [-0.05, 0) is 39.7 Å². The van der Waals surface area contributed by atoms with Crippen LogP contribution in [-0.2, 0) is 0 Å². The molecule has 0 fully saturated rings. The minimum atomic E-state index is -0.747. The summed E-state index contributed by atoms with van der Waals surface area (Å²) in [5, 5.41) is -0.747. The minimum absolute atomic E-state index is 0.0831. The molecule has 0 nitrogen and oxygen atoms in total. The summed E-state index contributed by atoms with van der Waals surface area (Å²) in [6, 6.07) is 9.38. The van der Waals surface area contributed by atoms with E-state index in [4.69, 9.17) is 11.6 Å². The maximum absolute atomic E-state index is 13.8. The average Bonchev–Trinajstić information content (AvgIpc) is 2.33. The predicted octanol–water partition coefficient (Wildman–Crippen LogP) is 5.82. The summed E-state index contributed by atoms with van der Waals surface area (Å²) in [6.45, 7) is 0. The van der Waals surface area contributed by atoms with Gasteiger partial charge in [-0.2, -0.15) is 0 Å². The maximum atomic E-state index is 13.8. The first-order valence-electron chi connectivity index (χ1n) is 5.03. The molecule has 0 saturated carbocycles. The minimum Gasteiger partial charge on any atom is -0.207 e. The van der Waals surface area contributed by atoms with E-state index in [0.717, 1.165) is 16.6 Å². The van der Waals surface area contributed by atoms with Crippen LogP contribution < -0.4 is 0 Å². The van der Waals surface area contributed by atoms with E-state index in [1.165, 1.54) is 0 Å². The molecule has 1 unspecified atom stereocenters. The van der Waals surface area contributed by atoms with Crippen molar-refractivity contribution >= 4 is 43.5 Å². The van der Waals surface area contributed by atoms with Crippen molar-refractivity contribution in [2.45, 2.75) is 5.38 Å². The number of rotatable bonds is 2. The zero-order valence-electron chi connectivity index (χ0n) is 8.93. The molecular weight excluding hydrogens is 389 g/mol. The normalized spacial score (nSPS) is 12.5. The van der Waals surface area contributed by atoms with Crippen LogP contribution in [-0.4, -0.2) is 0 Å².